The molecule has 1 heterocycles. The topological polar surface area (TPSA) is 83.8 Å². The zero-order valence-electron chi connectivity index (χ0n) is 16.6. The first-order valence-corrected chi connectivity index (χ1v) is 10.6. The van der Waals surface area contributed by atoms with E-state index in [9.17, 15) is 18.5 Å². The molecule has 1 fully saturated rings. The van der Waals surface area contributed by atoms with Crippen LogP contribution >= 0.6 is 0 Å². The van der Waals surface area contributed by atoms with Crippen molar-refractivity contribution in [2.75, 3.05) is 31.1 Å². The molecule has 28 heavy (non-hydrogen) atoms. The molecule has 1 aliphatic heterocycles. The molecule has 0 saturated carbocycles. The fraction of sp³-hybridized carbons (Fsp3) is 0.400. The van der Waals surface area contributed by atoms with E-state index in [0.29, 0.717) is 31.1 Å². The lowest BCUT2D eigenvalue weighted by Crippen LogP contribution is -2.49. The predicted octanol–water partition coefficient (Wildman–Crippen LogP) is 3.34. The first-order valence-electron chi connectivity index (χ1n) is 9.20. The number of sulfonamides is 1. The van der Waals surface area contributed by atoms with Crippen molar-refractivity contribution in [1.29, 1.82) is 0 Å². The summed E-state index contributed by atoms with van der Waals surface area (Å²) in [6, 6.07) is 8.39. The normalized spacial score (nSPS) is 15.6. The van der Waals surface area contributed by atoms with Crippen molar-refractivity contribution in [3.05, 3.63) is 62.7 Å². The summed E-state index contributed by atoms with van der Waals surface area (Å²) < 4.78 is 28.2. The van der Waals surface area contributed by atoms with Crippen molar-refractivity contribution in [1.82, 2.24) is 4.31 Å². The maximum atomic E-state index is 13.3. The van der Waals surface area contributed by atoms with Gasteiger partial charge >= 0.3 is 0 Å². The van der Waals surface area contributed by atoms with Gasteiger partial charge in [0.2, 0.25) is 10.0 Å². The minimum absolute atomic E-state index is 0.0470. The van der Waals surface area contributed by atoms with Gasteiger partial charge < -0.3 is 4.90 Å². The van der Waals surface area contributed by atoms with E-state index in [1.165, 1.54) is 12.1 Å². The lowest BCUT2D eigenvalue weighted by atomic mass is 10.0. The van der Waals surface area contributed by atoms with Crippen LogP contribution in [0.2, 0.25) is 0 Å². The highest BCUT2D eigenvalue weighted by atomic mass is 32.2. The Kier molecular flexibility index (Phi) is 5.45. The molecule has 0 bridgehead atoms. The molecule has 0 spiro atoms. The average Bonchev–Trinajstić information content (AvgIpc) is 2.66. The SMILES string of the molecule is Cc1cc(C)c(C)c(S(=O)(=O)N2CCN(c3ccc([N+](=O)[O-])cc3)CC2)c1C. The Labute approximate surface area is 165 Å². The second kappa shape index (κ2) is 7.52. The van der Waals surface area contributed by atoms with Crippen LogP contribution in [0.1, 0.15) is 22.3 Å². The van der Waals surface area contributed by atoms with E-state index < -0.39 is 14.9 Å². The molecular formula is C20H25N3O4S. The standard InChI is InChI=1S/C20H25N3O4S/c1-14-13-15(2)17(4)20(16(14)3)28(26,27)22-11-9-21(10-12-22)18-5-7-19(8-6-18)23(24)25/h5-8,13H,9-12H2,1-4H3. The third-order valence-corrected chi connectivity index (χ3v) is 7.73. The Hall–Kier alpha value is -2.45. The minimum atomic E-state index is -3.57. The number of nitro groups is 1. The number of nitrogens with zero attached hydrogens (tertiary/aromatic N) is 3. The van der Waals surface area contributed by atoms with Gasteiger partial charge in [-0.15, -0.1) is 0 Å². The number of hydrogen-bond donors (Lipinski definition) is 0. The summed E-state index contributed by atoms with van der Waals surface area (Å²) in [5, 5.41) is 10.8. The van der Waals surface area contributed by atoms with E-state index in [1.54, 1.807) is 16.4 Å². The molecule has 0 amide bonds. The predicted molar refractivity (Wildman–Crippen MR) is 109 cm³/mol. The number of piperazine rings is 1. The van der Waals surface area contributed by atoms with Gasteiger partial charge in [0.25, 0.3) is 5.69 Å². The van der Waals surface area contributed by atoms with E-state index in [2.05, 4.69) is 4.90 Å². The van der Waals surface area contributed by atoms with Crippen LogP contribution in [0.4, 0.5) is 11.4 Å². The van der Waals surface area contributed by atoms with E-state index in [4.69, 9.17) is 0 Å². The van der Waals surface area contributed by atoms with E-state index >= 15 is 0 Å². The first kappa shape index (κ1) is 20.3. The van der Waals surface area contributed by atoms with Crippen molar-refractivity contribution in [3.8, 4) is 0 Å². The summed E-state index contributed by atoms with van der Waals surface area (Å²) in [6.45, 7) is 9.44. The van der Waals surface area contributed by atoms with Crippen LogP contribution in [0.5, 0.6) is 0 Å². The molecule has 0 aromatic heterocycles. The van der Waals surface area contributed by atoms with Gasteiger partial charge in [-0.05, 0) is 62.1 Å². The lowest BCUT2D eigenvalue weighted by Gasteiger charge is -2.36. The Morgan fingerprint density at radius 2 is 1.39 bits per heavy atom. The fourth-order valence-electron chi connectivity index (χ4n) is 3.67. The van der Waals surface area contributed by atoms with E-state index in [0.717, 1.165) is 27.9 Å². The molecule has 0 atom stereocenters. The van der Waals surface area contributed by atoms with Gasteiger partial charge in [-0.25, -0.2) is 8.42 Å². The van der Waals surface area contributed by atoms with Crippen molar-refractivity contribution in [2.24, 2.45) is 0 Å². The van der Waals surface area contributed by atoms with Gasteiger partial charge in [-0.2, -0.15) is 4.31 Å². The van der Waals surface area contributed by atoms with Crippen LogP contribution in [0.25, 0.3) is 0 Å². The van der Waals surface area contributed by atoms with Gasteiger partial charge in [0.1, 0.15) is 0 Å². The molecule has 7 nitrogen and oxygen atoms in total. The van der Waals surface area contributed by atoms with Crippen LogP contribution in [0, 0.1) is 37.8 Å². The molecule has 2 aromatic rings. The van der Waals surface area contributed by atoms with Gasteiger partial charge in [0, 0.05) is 44.0 Å². The summed E-state index contributed by atoms with van der Waals surface area (Å²) in [4.78, 5) is 12.8. The monoisotopic (exact) mass is 403 g/mol. The molecule has 0 radical (unpaired) electrons. The largest absolute Gasteiger partial charge is 0.369 e. The molecular weight excluding hydrogens is 378 g/mol. The van der Waals surface area contributed by atoms with Crippen LogP contribution in [-0.2, 0) is 10.0 Å². The van der Waals surface area contributed by atoms with Crippen molar-refractivity contribution < 1.29 is 13.3 Å². The third kappa shape index (κ3) is 3.62. The van der Waals surface area contributed by atoms with Crippen molar-refractivity contribution in [2.45, 2.75) is 32.6 Å². The Morgan fingerprint density at radius 1 is 0.893 bits per heavy atom. The first-order chi connectivity index (χ1) is 13.1. The molecule has 150 valence electrons. The Bertz CT molecular complexity index is 982. The zero-order chi connectivity index (χ0) is 20.6. The van der Waals surface area contributed by atoms with Crippen molar-refractivity contribution >= 4 is 21.4 Å². The fourth-order valence-corrected chi connectivity index (χ4v) is 5.67. The van der Waals surface area contributed by atoms with Crippen LogP contribution in [0.15, 0.2) is 35.2 Å². The summed E-state index contributed by atoms with van der Waals surface area (Å²) in [6.07, 6.45) is 0. The second-order valence-corrected chi connectivity index (χ2v) is 9.13. The molecule has 0 aliphatic carbocycles. The van der Waals surface area contributed by atoms with Gasteiger partial charge in [-0.1, -0.05) is 6.07 Å². The second-order valence-electron chi connectivity index (χ2n) is 7.25. The average molecular weight is 404 g/mol. The molecule has 1 aliphatic rings. The van der Waals surface area contributed by atoms with Crippen LogP contribution < -0.4 is 4.90 Å². The zero-order valence-corrected chi connectivity index (χ0v) is 17.4. The summed E-state index contributed by atoms with van der Waals surface area (Å²) >= 11 is 0. The number of aryl methyl sites for hydroxylation is 2. The molecule has 2 aromatic carbocycles. The molecule has 1 saturated heterocycles. The highest BCUT2D eigenvalue weighted by Crippen LogP contribution is 2.30. The number of rotatable bonds is 4. The highest BCUT2D eigenvalue weighted by molar-refractivity contribution is 7.89. The highest BCUT2D eigenvalue weighted by Gasteiger charge is 2.31. The number of benzene rings is 2. The quantitative estimate of drug-likeness (QED) is 0.577. The number of anilines is 1. The van der Waals surface area contributed by atoms with E-state index in [-0.39, 0.29) is 5.69 Å². The van der Waals surface area contributed by atoms with Gasteiger partial charge in [0.05, 0.1) is 9.82 Å². The summed E-state index contributed by atoms with van der Waals surface area (Å²) in [7, 11) is -3.57. The summed E-state index contributed by atoms with van der Waals surface area (Å²) in [5.74, 6) is 0. The minimum Gasteiger partial charge on any atom is -0.369 e. The molecule has 0 N–H and O–H groups in total. The maximum Gasteiger partial charge on any atom is 0.269 e. The van der Waals surface area contributed by atoms with Gasteiger partial charge in [0.15, 0.2) is 0 Å². The molecule has 0 unspecified atom stereocenters. The number of nitro benzene ring substituents is 1. The summed E-state index contributed by atoms with van der Waals surface area (Å²) in [5.41, 5.74) is 4.48. The van der Waals surface area contributed by atoms with Crippen LogP contribution in [0.3, 0.4) is 0 Å². The van der Waals surface area contributed by atoms with Crippen LogP contribution in [-0.4, -0.2) is 43.8 Å². The Balaban J connectivity index is 1.80. The number of hydrogen-bond acceptors (Lipinski definition) is 5. The third-order valence-electron chi connectivity index (χ3n) is 5.56. The Morgan fingerprint density at radius 3 is 1.86 bits per heavy atom. The van der Waals surface area contributed by atoms with Gasteiger partial charge in [-0.3, -0.25) is 10.1 Å². The smallest absolute Gasteiger partial charge is 0.269 e. The molecule has 3 rings (SSSR count). The molecule has 8 heteroatoms. The van der Waals surface area contributed by atoms with E-state index in [1.807, 2.05) is 33.8 Å². The van der Waals surface area contributed by atoms with Crippen molar-refractivity contribution in [3.63, 3.8) is 0 Å². The maximum absolute atomic E-state index is 13.3. The lowest BCUT2D eigenvalue weighted by molar-refractivity contribution is -0.384. The number of non-ortho nitro benzene ring substituents is 1.